The van der Waals surface area contributed by atoms with Crippen LogP contribution in [0.3, 0.4) is 0 Å². The van der Waals surface area contributed by atoms with Crippen molar-refractivity contribution in [2.75, 3.05) is 39.0 Å². The van der Waals surface area contributed by atoms with Crippen LogP contribution in [0.25, 0.3) is 0 Å². The van der Waals surface area contributed by atoms with Crippen molar-refractivity contribution >= 4 is 17.7 Å². The minimum Gasteiger partial charge on any atom is -0.496 e. The number of hydrogen-bond acceptors (Lipinski definition) is 4. The largest absolute Gasteiger partial charge is 0.496 e. The fraction of sp³-hybridized carbons (Fsp3) is 0.381. The standard InChI is InChI=1S/C21H25FN2O2S/c1-16-5-3-4-6-20(16)27-15-21(25)24-11-9-23(10-12-24)14-17-13-18(22)7-8-19(17)26-2/h3-8,13H,9-12,14-15H2,1-2H3. The molecule has 0 N–H and O–H groups in total. The van der Waals surface area contributed by atoms with Gasteiger partial charge in [0.05, 0.1) is 12.9 Å². The fourth-order valence-corrected chi connectivity index (χ4v) is 4.15. The number of amides is 1. The predicted octanol–water partition coefficient (Wildman–Crippen LogP) is 3.58. The molecule has 2 aromatic rings. The van der Waals surface area contributed by atoms with Gasteiger partial charge in [0.2, 0.25) is 5.91 Å². The number of hydrogen-bond donors (Lipinski definition) is 0. The normalized spacial score (nSPS) is 15.0. The molecule has 144 valence electrons. The fourth-order valence-electron chi connectivity index (χ4n) is 3.22. The third kappa shape index (κ3) is 5.23. The Labute approximate surface area is 164 Å². The molecule has 1 heterocycles. The van der Waals surface area contributed by atoms with E-state index in [1.165, 1.54) is 17.7 Å². The molecule has 0 unspecified atom stereocenters. The minimum atomic E-state index is -0.257. The highest BCUT2D eigenvalue weighted by molar-refractivity contribution is 8.00. The maximum Gasteiger partial charge on any atom is 0.233 e. The molecule has 0 saturated carbocycles. The van der Waals surface area contributed by atoms with Crippen LogP contribution in [0.1, 0.15) is 11.1 Å². The van der Waals surface area contributed by atoms with Crippen molar-refractivity contribution in [2.45, 2.75) is 18.4 Å². The predicted molar refractivity (Wildman–Crippen MR) is 107 cm³/mol. The van der Waals surface area contributed by atoms with Gasteiger partial charge in [0.25, 0.3) is 0 Å². The Morgan fingerprint density at radius 2 is 1.89 bits per heavy atom. The van der Waals surface area contributed by atoms with E-state index in [4.69, 9.17) is 4.74 Å². The Hall–Kier alpha value is -2.05. The zero-order chi connectivity index (χ0) is 19.2. The first-order valence-corrected chi connectivity index (χ1v) is 10.1. The van der Waals surface area contributed by atoms with Crippen LogP contribution in [0.4, 0.5) is 4.39 Å². The van der Waals surface area contributed by atoms with Crippen LogP contribution in [0.15, 0.2) is 47.4 Å². The molecule has 1 saturated heterocycles. The number of aryl methyl sites for hydroxylation is 1. The number of halogens is 1. The molecule has 1 fully saturated rings. The van der Waals surface area contributed by atoms with Gasteiger partial charge in [0.1, 0.15) is 11.6 Å². The molecular weight excluding hydrogens is 363 g/mol. The second-order valence-electron chi connectivity index (χ2n) is 6.67. The van der Waals surface area contributed by atoms with Gasteiger partial charge in [0, 0.05) is 43.2 Å². The lowest BCUT2D eigenvalue weighted by Crippen LogP contribution is -2.48. The van der Waals surface area contributed by atoms with Crippen molar-refractivity contribution in [3.05, 3.63) is 59.4 Å². The molecule has 4 nitrogen and oxygen atoms in total. The lowest BCUT2D eigenvalue weighted by molar-refractivity contribution is -0.130. The van der Waals surface area contributed by atoms with Gasteiger partial charge in [-0.1, -0.05) is 18.2 Å². The number of ether oxygens (including phenoxy) is 1. The highest BCUT2D eigenvalue weighted by Crippen LogP contribution is 2.23. The second kappa shape index (κ2) is 9.24. The van der Waals surface area contributed by atoms with Gasteiger partial charge in [-0.2, -0.15) is 0 Å². The van der Waals surface area contributed by atoms with E-state index in [1.54, 1.807) is 24.9 Å². The van der Waals surface area contributed by atoms with Crippen LogP contribution in [0.5, 0.6) is 5.75 Å². The third-order valence-corrected chi connectivity index (χ3v) is 5.97. The number of thioether (sulfide) groups is 1. The number of piperazine rings is 1. The van der Waals surface area contributed by atoms with E-state index >= 15 is 0 Å². The molecule has 2 aromatic carbocycles. The van der Waals surface area contributed by atoms with Gasteiger partial charge in [-0.15, -0.1) is 11.8 Å². The summed E-state index contributed by atoms with van der Waals surface area (Å²) in [7, 11) is 1.60. The van der Waals surface area contributed by atoms with Crippen LogP contribution in [-0.2, 0) is 11.3 Å². The maximum atomic E-state index is 13.5. The summed E-state index contributed by atoms with van der Waals surface area (Å²) in [5.41, 5.74) is 2.04. The van der Waals surface area contributed by atoms with Gasteiger partial charge >= 0.3 is 0 Å². The van der Waals surface area contributed by atoms with Crippen LogP contribution in [-0.4, -0.2) is 54.7 Å². The summed E-state index contributed by atoms with van der Waals surface area (Å²) in [6, 6.07) is 12.7. The Morgan fingerprint density at radius 3 is 2.59 bits per heavy atom. The lowest BCUT2D eigenvalue weighted by Gasteiger charge is -2.35. The van der Waals surface area contributed by atoms with Crippen molar-refractivity contribution in [1.29, 1.82) is 0 Å². The summed E-state index contributed by atoms with van der Waals surface area (Å²) in [6.45, 7) is 5.64. The Morgan fingerprint density at radius 1 is 1.15 bits per heavy atom. The average Bonchev–Trinajstić information content (AvgIpc) is 2.68. The van der Waals surface area contributed by atoms with Crippen LogP contribution in [0, 0.1) is 12.7 Å². The molecule has 1 aliphatic heterocycles. The Kier molecular flexibility index (Phi) is 6.74. The van der Waals surface area contributed by atoms with Crippen molar-refractivity contribution in [1.82, 2.24) is 9.80 Å². The summed E-state index contributed by atoms with van der Waals surface area (Å²) in [6.07, 6.45) is 0. The molecule has 0 bridgehead atoms. The van der Waals surface area contributed by atoms with Crippen molar-refractivity contribution in [3.63, 3.8) is 0 Å². The molecule has 0 aliphatic carbocycles. The van der Waals surface area contributed by atoms with E-state index in [2.05, 4.69) is 24.0 Å². The number of benzene rings is 2. The summed E-state index contributed by atoms with van der Waals surface area (Å²) in [5, 5.41) is 0. The Balaban J connectivity index is 1.49. The SMILES string of the molecule is COc1ccc(F)cc1CN1CCN(C(=O)CSc2ccccc2C)CC1. The number of methoxy groups -OCH3 is 1. The molecule has 1 aliphatic rings. The van der Waals surface area contributed by atoms with E-state index in [1.807, 2.05) is 17.0 Å². The van der Waals surface area contributed by atoms with E-state index < -0.39 is 0 Å². The maximum absolute atomic E-state index is 13.5. The van der Waals surface area contributed by atoms with Gasteiger partial charge in [-0.25, -0.2) is 4.39 Å². The summed E-state index contributed by atoms with van der Waals surface area (Å²) in [4.78, 5) is 17.8. The summed E-state index contributed by atoms with van der Waals surface area (Å²) < 4.78 is 18.9. The first-order valence-electron chi connectivity index (χ1n) is 9.08. The molecule has 0 spiro atoms. The first-order chi connectivity index (χ1) is 13.1. The van der Waals surface area contributed by atoms with Gasteiger partial charge < -0.3 is 9.64 Å². The van der Waals surface area contributed by atoms with Gasteiger partial charge in [-0.3, -0.25) is 9.69 Å². The summed E-state index contributed by atoms with van der Waals surface area (Å²) in [5.74, 6) is 1.08. The van der Waals surface area contributed by atoms with Crippen molar-refractivity contribution in [3.8, 4) is 5.75 Å². The van der Waals surface area contributed by atoms with E-state index in [0.717, 1.165) is 23.5 Å². The van der Waals surface area contributed by atoms with Crippen LogP contribution >= 0.6 is 11.8 Å². The van der Waals surface area contributed by atoms with Crippen molar-refractivity contribution < 1.29 is 13.9 Å². The topological polar surface area (TPSA) is 32.8 Å². The van der Waals surface area contributed by atoms with Crippen molar-refractivity contribution in [2.24, 2.45) is 0 Å². The zero-order valence-corrected chi connectivity index (χ0v) is 16.6. The molecule has 27 heavy (non-hydrogen) atoms. The van der Waals surface area contributed by atoms with E-state index in [-0.39, 0.29) is 11.7 Å². The van der Waals surface area contributed by atoms with Gasteiger partial charge in [-0.05, 0) is 36.8 Å². The third-order valence-electron chi connectivity index (χ3n) is 4.81. The van der Waals surface area contributed by atoms with Gasteiger partial charge in [0.15, 0.2) is 0 Å². The number of nitrogens with zero attached hydrogens (tertiary/aromatic N) is 2. The zero-order valence-electron chi connectivity index (χ0n) is 15.8. The molecule has 0 aromatic heterocycles. The molecule has 3 rings (SSSR count). The number of carbonyl (C=O) groups is 1. The quantitative estimate of drug-likeness (QED) is 0.708. The highest BCUT2D eigenvalue weighted by atomic mass is 32.2. The molecule has 0 atom stereocenters. The summed E-state index contributed by atoms with van der Waals surface area (Å²) >= 11 is 1.60. The first kappa shape index (κ1) is 19.7. The van der Waals surface area contributed by atoms with E-state index in [9.17, 15) is 9.18 Å². The monoisotopic (exact) mass is 388 g/mol. The number of rotatable bonds is 6. The minimum absolute atomic E-state index is 0.172. The number of carbonyl (C=O) groups excluding carboxylic acids is 1. The van der Waals surface area contributed by atoms with Crippen LogP contribution in [0.2, 0.25) is 0 Å². The van der Waals surface area contributed by atoms with Crippen LogP contribution < -0.4 is 4.74 Å². The smallest absolute Gasteiger partial charge is 0.233 e. The molecular formula is C21H25FN2O2S. The molecule has 1 amide bonds. The lowest BCUT2D eigenvalue weighted by atomic mass is 10.1. The average molecular weight is 389 g/mol. The second-order valence-corrected chi connectivity index (χ2v) is 7.68. The Bertz CT molecular complexity index is 792. The van der Waals surface area contributed by atoms with E-state index in [0.29, 0.717) is 31.1 Å². The highest BCUT2D eigenvalue weighted by Gasteiger charge is 2.22. The molecule has 6 heteroatoms. The molecule has 0 radical (unpaired) electrons.